The highest BCUT2D eigenvalue weighted by atomic mass is 35.5. The molecular weight excluding hydrogens is 345 g/mol. The summed E-state index contributed by atoms with van der Waals surface area (Å²) in [5.41, 5.74) is 1.30. The van der Waals surface area contributed by atoms with Gasteiger partial charge in [-0.2, -0.15) is 0 Å². The molecule has 1 aliphatic carbocycles. The van der Waals surface area contributed by atoms with E-state index in [0.717, 1.165) is 25.7 Å². The first-order chi connectivity index (χ1) is 10.5. The van der Waals surface area contributed by atoms with Crippen LogP contribution in [0.1, 0.15) is 42.5 Å². The Bertz CT molecular complexity index is 581. The van der Waals surface area contributed by atoms with Gasteiger partial charge < -0.3 is 10.1 Å². The highest BCUT2D eigenvalue weighted by molar-refractivity contribution is 6.42. The third-order valence-electron chi connectivity index (χ3n) is 4.11. The Morgan fingerprint density at radius 3 is 2.45 bits per heavy atom. The Hall–Kier alpha value is -0.740. The Kier molecular flexibility index (Phi) is 6.16. The van der Waals surface area contributed by atoms with Crippen molar-refractivity contribution in [3.63, 3.8) is 0 Å². The van der Waals surface area contributed by atoms with E-state index in [1.807, 2.05) is 7.05 Å². The SMILES string of the molecule is CNC1(C(=CCl)OC(=O)c2ccc(Cl)c(Cl)c2)CCCCC1. The zero-order chi connectivity index (χ0) is 16.2. The fourth-order valence-electron chi connectivity index (χ4n) is 2.78. The molecule has 120 valence electrons. The standard InChI is InChI=1S/C16H18Cl3NO2/c1-20-16(7-3-2-4-8-16)14(10-17)22-15(21)11-5-6-12(18)13(19)9-11/h5-6,9-10,20H,2-4,7-8H2,1H3. The molecule has 0 heterocycles. The molecule has 0 unspecified atom stereocenters. The average molecular weight is 363 g/mol. The van der Waals surface area contributed by atoms with Gasteiger partial charge >= 0.3 is 5.97 Å². The number of likely N-dealkylation sites (N-methyl/N-ethyl adjacent to an activating group) is 1. The van der Waals surface area contributed by atoms with Crippen molar-refractivity contribution in [3.05, 3.63) is 45.1 Å². The van der Waals surface area contributed by atoms with Gasteiger partial charge in [0.05, 0.1) is 21.1 Å². The van der Waals surface area contributed by atoms with Gasteiger partial charge in [0, 0.05) is 5.54 Å². The number of carbonyl (C=O) groups is 1. The smallest absolute Gasteiger partial charge is 0.343 e. The minimum Gasteiger partial charge on any atom is -0.425 e. The van der Waals surface area contributed by atoms with Gasteiger partial charge in [0.25, 0.3) is 0 Å². The van der Waals surface area contributed by atoms with Crippen LogP contribution in [0.4, 0.5) is 0 Å². The molecule has 3 nitrogen and oxygen atoms in total. The van der Waals surface area contributed by atoms with Gasteiger partial charge in [-0.3, -0.25) is 0 Å². The molecule has 1 N–H and O–H groups in total. The molecule has 6 heteroatoms. The summed E-state index contributed by atoms with van der Waals surface area (Å²) in [6.45, 7) is 0. The molecular formula is C16H18Cl3NO2. The number of esters is 1. The second-order valence-corrected chi connectivity index (χ2v) is 6.42. The fraction of sp³-hybridized carbons (Fsp3) is 0.438. The molecule has 1 fully saturated rings. The Labute approximate surface area is 145 Å². The fourth-order valence-corrected chi connectivity index (χ4v) is 3.33. The molecule has 1 aromatic carbocycles. The van der Waals surface area contributed by atoms with E-state index in [-0.39, 0.29) is 5.54 Å². The van der Waals surface area contributed by atoms with Crippen LogP contribution in [0.5, 0.6) is 0 Å². The van der Waals surface area contributed by atoms with E-state index in [4.69, 9.17) is 39.5 Å². The lowest BCUT2D eigenvalue weighted by Gasteiger charge is -2.37. The van der Waals surface area contributed by atoms with Crippen molar-refractivity contribution < 1.29 is 9.53 Å². The van der Waals surface area contributed by atoms with E-state index in [1.54, 1.807) is 12.1 Å². The van der Waals surface area contributed by atoms with Crippen LogP contribution in [0.15, 0.2) is 29.5 Å². The van der Waals surface area contributed by atoms with E-state index in [9.17, 15) is 4.79 Å². The molecule has 0 bridgehead atoms. The highest BCUT2D eigenvalue weighted by Gasteiger charge is 2.37. The Morgan fingerprint density at radius 1 is 1.23 bits per heavy atom. The molecule has 0 saturated heterocycles. The van der Waals surface area contributed by atoms with Crippen molar-refractivity contribution in [3.8, 4) is 0 Å². The normalized spacial score (nSPS) is 18.1. The van der Waals surface area contributed by atoms with Gasteiger partial charge in [0.15, 0.2) is 0 Å². The largest absolute Gasteiger partial charge is 0.425 e. The van der Waals surface area contributed by atoms with Crippen molar-refractivity contribution in [2.45, 2.75) is 37.6 Å². The van der Waals surface area contributed by atoms with E-state index in [0.29, 0.717) is 21.4 Å². The topological polar surface area (TPSA) is 38.3 Å². The second-order valence-electron chi connectivity index (χ2n) is 5.38. The molecule has 0 spiro atoms. The van der Waals surface area contributed by atoms with Crippen molar-refractivity contribution in [1.29, 1.82) is 0 Å². The van der Waals surface area contributed by atoms with Crippen LogP contribution in [0.25, 0.3) is 0 Å². The van der Waals surface area contributed by atoms with Crippen LogP contribution in [0.2, 0.25) is 10.0 Å². The first-order valence-electron chi connectivity index (χ1n) is 7.19. The van der Waals surface area contributed by atoms with E-state index < -0.39 is 5.97 Å². The number of carbonyl (C=O) groups excluding carboxylic acids is 1. The molecule has 2 rings (SSSR count). The Morgan fingerprint density at radius 2 is 1.91 bits per heavy atom. The van der Waals surface area contributed by atoms with Gasteiger partial charge in [0.1, 0.15) is 5.76 Å². The summed E-state index contributed by atoms with van der Waals surface area (Å²) in [4.78, 5) is 12.3. The minimum absolute atomic E-state index is 0.313. The van der Waals surface area contributed by atoms with Gasteiger partial charge in [0.2, 0.25) is 0 Å². The molecule has 1 saturated carbocycles. The van der Waals surface area contributed by atoms with Crippen LogP contribution < -0.4 is 5.32 Å². The third-order valence-corrected chi connectivity index (χ3v) is 5.05. The molecule has 1 aliphatic rings. The number of rotatable bonds is 4. The Balaban J connectivity index is 2.18. The summed E-state index contributed by atoms with van der Waals surface area (Å²) >= 11 is 17.7. The maximum Gasteiger partial charge on any atom is 0.343 e. The number of hydrogen-bond acceptors (Lipinski definition) is 3. The summed E-state index contributed by atoms with van der Waals surface area (Å²) in [5, 5.41) is 3.98. The van der Waals surface area contributed by atoms with Crippen molar-refractivity contribution in [2.24, 2.45) is 0 Å². The molecule has 22 heavy (non-hydrogen) atoms. The van der Waals surface area contributed by atoms with Crippen LogP contribution >= 0.6 is 34.8 Å². The number of benzene rings is 1. The first kappa shape index (κ1) is 17.6. The zero-order valence-corrected chi connectivity index (χ0v) is 14.6. The van der Waals surface area contributed by atoms with E-state index in [1.165, 1.54) is 18.0 Å². The lowest BCUT2D eigenvalue weighted by molar-refractivity contribution is 0.0534. The van der Waals surface area contributed by atoms with E-state index >= 15 is 0 Å². The maximum absolute atomic E-state index is 12.3. The summed E-state index contributed by atoms with van der Waals surface area (Å²) in [6, 6.07) is 4.64. The number of halogens is 3. The number of ether oxygens (including phenoxy) is 1. The molecule has 0 radical (unpaired) electrons. The predicted octanol–water partition coefficient (Wildman–Crippen LogP) is 5.15. The summed E-state index contributed by atoms with van der Waals surface area (Å²) in [6.07, 6.45) is 5.09. The first-order valence-corrected chi connectivity index (χ1v) is 8.38. The predicted molar refractivity (Wildman–Crippen MR) is 90.7 cm³/mol. The third kappa shape index (κ3) is 3.77. The van der Waals surface area contributed by atoms with Gasteiger partial charge in [-0.15, -0.1) is 0 Å². The van der Waals surface area contributed by atoms with Gasteiger partial charge in [-0.25, -0.2) is 4.79 Å². The monoisotopic (exact) mass is 361 g/mol. The quantitative estimate of drug-likeness (QED) is 0.594. The van der Waals surface area contributed by atoms with Gasteiger partial charge in [-0.1, -0.05) is 54.1 Å². The van der Waals surface area contributed by atoms with Gasteiger partial charge in [-0.05, 0) is 38.1 Å². The molecule has 0 aliphatic heterocycles. The lowest BCUT2D eigenvalue weighted by Crippen LogP contribution is -2.47. The zero-order valence-electron chi connectivity index (χ0n) is 12.3. The van der Waals surface area contributed by atoms with Crippen LogP contribution in [0.3, 0.4) is 0 Å². The summed E-state index contributed by atoms with van der Waals surface area (Å²) < 4.78 is 5.54. The number of hydrogen-bond donors (Lipinski definition) is 1. The van der Waals surface area contributed by atoms with Crippen LogP contribution in [-0.2, 0) is 4.74 Å². The average Bonchev–Trinajstić information content (AvgIpc) is 2.55. The molecule has 1 aromatic rings. The van der Waals surface area contributed by atoms with Crippen molar-refractivity contribution >= 4 is 40.8 Å². The summed E-state index contributed by atoms with van der Waals surface area (Å²) in [7, 11) is 1.86. The number of nitrogens with one attached hydrogen (secondary N) is 1. The molecule has 0 aromatic heterocycles. The second kappa shape index (κ2) is 7.69. The van der Waals surface area contributed by atoms with Crippen LogP contribution in [-0.4, -0.2) is 18.6 Å². The molecule has 0 amide bonds. The highest BCUT2D eigenvalue weighted by Crippen LogP contribution is 2.35. The molecule has 0 atom stereocenters. The lowest BCUT2D eigenvalue weighted by atomic mass is 9.80. The maximum atomic E-state index is 12.3. The summed E-state index contributed by atoms with van der Waals surface area (Å²) in [5.74, 6) is -0.0434. The van der Waals surface area contributed by atoms with Crippen molar-refractivity contribution in [2.75, 3.05) is 7.05 Å². The minimum atomic E-state index is -0.495. The van der Waals surface area contributed by atoms with E-state index in [2.05, 4.69) is 5.32 Å². The van der Waals surface area contributed by atoms with Crippen LogP contribution in [0, 0.1) is 0 Å². The van der Waals surface area contributed by atoms with Crippen molar-refractivity contribution in [1.82, 2.24) is 5.32 Å².